The van der Waals surface area contributed by atoms with Crippen molar-refractivity contribution in [3.05, 3.63) is 30.3 Å². The van der Waals surface area contributed by atoms with Crippen LogP contribution in [0.5, 0.6) is 0 Å². The summed E-state index contributed by atoms with van der Waals surface area (Å²) in [6.07, 6.45) is 4.71. The Morgan fingerprint density at radius 1 is 1.12 bits per heavy atom. The monoisotopic (exact) mass is 353 g/mol. The van der Waals surface area contributed by atoms with Gasteiger partial charge in [0.25, 0.3) is 10.2 Å². The van der Waals surface area contributed by atoms with Gasteiger partial charge in [-0.25, -0.2) is 0 Å². The molecule has 1 aromatic rings. The van der Waals surface area contributed by atoms with Crippen LogP contribution in [0.15, 0.2) is 30.3 Å². The minimum atomic E-state index is -3.34. The Labute approximate surface area is 147 Å². The number of nitrogens with one attached hydrogen (secondary N) is 1. The van der Waals surface area contributed by atoms with Crippen LogP contribution in [0.3, 0.4) is 0 Å². The van der Waals surface area contributed by atoms with Crippen LogP contribution in [0.1, 0.15) is 46.0 Å². The molecule has 5 nitrogen and oxygen atoms in total. The SMILES string of the molecule is CCCCN(CCCC)S(=O)(=O)N1CCC(Nc2ccccc2)C1. The molecule has 1 aliphatic heterocycles. The van der Waals surface area contributed by atoms with Crippen molar-refractivity contribution in [3.63, 3.8) is 0 Å². The topological polar surface area (TPSA) is 52.7 Å². The zero-order valence-corrected chi connectivity index (χ0v) is 15.8. The van der Waals surface area contributed by atoms with Crippen LogP contribution in [0.4, 0.5) is 5.69 Å². The summed E-state index contributed by atoms with van der Waals surface area (Å²) in [6.45, 7) is 6.60. The lowest BCUT2D eigenvalue weighted by Crippen LogP contribution is -2.44. The second-order valence-corrected chi connectivity index (χ2v) is 8.40. The van der Waals surface area contributed by atoms with Crippen LogP contribution in [0.25, 0.3) is 0 Å². The van der Waals surface area contributed by atoms with Crippen LogP contribution in [0.2, 0.25) is 0 Å². The highest BCUT2D eigenvalue weighted by Crippen LogP contribution is 2.21. The maximum atomic E-state index is 13.0. The molecule has 0 spiro atoms. The summed E-state index contributed by atoms with van der Waals surface area (Å²) in [5, 5.41) is 3.44. The molecule has 1 unspecified atom stereocenters. The van der Waals surface area contributed by atoms with E-state index in [2.05, 4.69) is 19.2 Å². The van der Waals surface area contributed by atoms with Crippen molar-refractivity contribution >= 4 is 15.9 Å². The molecule has 0 aromatic heterocycles. The van der Waals surface area contributed by atoms with Gasteiger partial charge in [-0.05, 0) is 31.4 Å². The average molecular weight is 354 g/mol. The molecule has 0 radical (unpaired) electrons. The highest BCUT2D eigenvalue weighted by Gasteiger charge is 2.35. The second-order valence-electron chi connectivity index (χ2n) is 6.47. The fourth-order valence-corrected chi connectivity index (χ4v) is 4.75. The molecule has 136 valence electrons. The number of rotatable bonds is 10. The maximum absolute atomic E-state index is 13.0. The Hall–Kier alpha value is -1.11. The first-order valence-electron chi connectivity index (χ1n) is 9.14. The molecular weight excluding hydrogens is 322 g/mol. The largest absolute Gasteiger partial charge is 0.381 e. The number of hydrogen-bond acceptors (Lipinski definition) is 3. The van der Waals surface area contributed by atoms with Gasteiger partial charge in [0.1, 0.15) is 0 Å². The van der Waals surface area contributed by atoms with E-state index < -0.39 is 10.2 Å². The Morgan fingerprint density at radius 3 is 2.33 bits per heavy atom. The van der Waals surface area contributed by atoms with Crippen molar-refractivity contribution in [2.75, 3.05) is 31.5 Å². The molecule has 1 saturated heterocycles. The van der Waals surface area contributed by atoms with E-state index in [1.165, 1.54) is 0 Å². The van der Waals surface area contributed by atoms with Crippen molar-refractivity contribution < 1.29 is 8.42 Å². The lowest BCUT2D eigenvalue weighted by molar-refractivity contribution is 0.349. The van der Waals surface area contributed by atoms with Crippen LogP contribution in [-0.2, 0) is 10.2 Å². The molecule has 2 rings (SSSR count). The quantitative estimate of drug-likeness (QED) is 0.702. The summed E-state index contributed by atoms with van der Waals surface area (Å²) < 4.78 is 29.3. The molecule has 1 heterocycles. The first kappa shape index (κ1) is 19.2. The van der Waals surface area contributed by atoms with Gasteiger partial charge >= 0.3 is 0 Å². The molecule has 0 saturated carbocycles. The van der Waals surface area contributed by atoms with E-state index in [1.807, 2.05) is 30.3 Å². The van der Waals surface area contributed by atoms with Crippen LogP contribution < -0.4 is 5.32 Å². The summed E-state index contributed by atoms with van der Waals surface area (Å²) in [6, 6.07) is 10.2. The highest BCUT2D eigenvalue weighted by atomic mass is 32.2. The second kappa shape index (κ2) is 9.39. The molecule has 1 aromatic carbocycles. The lowest BCUT2D eigenvalue weighted by atomic mass is 10.2. The zero-order valence-electron chi connectivity index (χ0n) is 14.9. The average Bonchev–Trinajstić information content (AvgIpc) is 3.05. The number of hydrogen-bond donors (Lipinski definition) is 1. The maximum Gasteiger partial charge on any atom is 0.282 e. The zero-order chi connectivity index (χ0) is 17.4. The molecule has 24 heavy (non-hydrogen) atoms. The Balaban J connectivity index is 1.97. The fourth-order valence-electron chi connectivity index (χ4n) is 3.00. The lowest BCUT2D eigenvalue weighted by Gasteiger charge is -2.27. The molecule has 6 heteroatoms. The third-order valence-corrected chi connectivity index (χ3v) is 6.47. The third-order valence-electron chi connectivity index (χ3n) is 4.47. The summed E-state index contributed by atoms with van der Waals surface area (Å²) in [5.74, 6) is 0. The van der Waals surface area contributed by atoms with Gasteiger partial charge in [0.05, 0.1) is 0 Å². The van der Waals surface area contributed by atoms with E-state index >= 15 is 0 Å². The van der Waals surface area contributed by atoms with Crippen molar-refractivity contribution in [2.24, 2.45) is 0 Å². The third kappa shape index (κ3) is 5.19. The molecular formula is C18H31N3O2S. The molecule has 1 fully saturated rings. The minimum Gasteiger partial charge on any atom is -0.381 e. The number of unbranched alkanes of at least 4 members (excludes halogenated alkanes) is 2. The summed E-state index contributed by atoms with van der Waals surface area (Å²) >= 11 is 0. The Kier molecular flexibility index (Phi) is 7.52. The summed E-state index contributed by atoms with van der Waals surface area (Å²) in [7, 11) is -3.34. The van der Waals surface area contributed by atoms with E-state index in [0.717, 1.165) is 37.8 Å². The van der Waals surface area contributed by atoms with Crippen LogP contribution in [0, 0.1) is 0 Å². The minimum absolute atomic E-state index is 0.182. The van der Waals surface area contributed by atoms with Gasteiger partial charge in [0.2, 0.25) is 0 Å². The molecule has 1 N–H and O–H groups in total. The van der Waals surface area contributed by atoms with Gasteiger partial charge in [-0.15, -0.1) is 0 Å². The number of nitrogens with zero attached hydrogens (tertiary/aromatic N) is 2. The van der Waals surface area contributed by atoms with Crippen LogP contribution in [-0.4, -0.2) is 49.2 Å². The van der Waals surface area contributed by atoms with E-state index in [1.54, 1.807) is 8.61 Å². The van der Waals surface area contributed by atoms with E-state index in [0.29, 0.717) is 26.2 Å². The number of para-hydroxylation sites is 1. The summed E-state index contributed by atoms with van der Waals surface area (Å²) in [4.78, 5) is 0. The van der Waals surface area contributed by atoms with E-state index in [4.69, 9.17) is 0 Å². The Morgan fingerprint density at radius 2 is 1.75 bits per heavy atom. The normalized spacial score (nSPS) is 19.0. The molecule has 1 atom stereocenters. The van der Waals surface area contributed by atoms with Gasteiger partial charge in [-0.1, -0.05) is 44.9 Å². The molecule has 0 bridgehead atoms. The number of benzene rings is 1. The first-order valence-corrected chi connectivity index (χ1v) is 10.5. The molecule has 0 amide bonds. The predicted octanol–water partition coefficient (Wildman–Crippen LogP) is 3.32. The van der Waals surface area contributed by atoms with Gasteiger partial charge < -0.3 is 5.32 Å². The van der Waals surface area contributed by atoms with Gasteiger partial charge in [0, 0.05) is 37.9 Å². The first-order chi connectivity index (χ1) is 11.6. The van der Waals surface area contributed by atoms with Crippen molar-refractivity contribution in [1.82, 2.24) is 8.61 Å². The van der Waals surface area contributed by atoms with E-state index in [-0.39, 0.29) is 6.04 Å². The van der Waals surface area contributed by atoms with Gasteiger partial charge in [-0.3, -0.25) is 0 Å². The van der Waals surface area contributed by atoms with Gasteiger partial charge in [-0.2, -0.15) is 17.0 Å². The summed E-state index contributed by atoms with van der Waals surface area (Å²) in [5.41, 5.74) is 1.05. The standard InChI is InChI=1S/C18H31N3O2S/c1-3-5-13-20(14-6-4-2)24(22,23)21-15-12-18(16-21)19-17-10-8-7-9-11-17/h7-11,18-19H,3-6,12-16H2,1-2H3. The van der Waals surface area contributed by atoms with Crippen LogP contribution >= 0.6 is 0 Å². The molecule has 0 aliphatic carbocycles. The van der Waals surface area contributed by atoms with Crippen molar-refractivity contribution in [3.8, 4) is 0 Å². The highest BCUT2D eigenvalue weighted by molar-refractivity contribution is 7.86. The Bertz CT molecular complexity index is 569. The molecule has 1 aliphatic rings. The van der Waals surface area contributed by atoms with Crippen molar-refractivity contribution in [2.45, 2.75) is 52.0 Å². The van der Waals surface area contributed by atoms with E-state index in [9.17, 15) is 8.42 Å². The van der Waals surface area contributed by atoms with Gasteiger partial charge in [0.15, 0.2) is 0 Å². The predicted molar refractivity (Wildman–Crippen MR) is 100 cm³/mol. The fraction of sp³-hybridized carbons (Fsp3) is 0.667. The number of anilines is 1. The van der Waals surface area contributed by atoms with Crippen molar-refractivity contribution in [1.29, 1.82) is 0 Å². The smallest absolute Gasteiger partial charge is 0.282 e.